The van der Waals surface area contributed by atoms with Gasteiger partial charge in [0.15, 0.2) is 0 Å². The van der Waals surface area contributed by atoms with Crippen LogP contribution in [0.3, 0.4) is 0 Å². The minimum absolute atomic E-state index is 0. The monoisotopic (exact) mass is 160 g/mol. The van der Waals surface area contributed by atoms with Gasteiger partial charge in [0.25, 0.3) is 0 Å². The molecule has 5 heteroatoms. The van der Waals surface area contributed by atoms with Gasteiger partial charge in [0, 0.05) is 24.8 Å². The van der Waals surface area contributed by atoms with Crippen molar-refractivity contribution in [3.05, 3.63) is 24.3 Å². The molecule has 0 bridgehead atoms. The molecule has 0 aromatic carbocycles. The molecule has 1 heterocycles. The first-order valence-electron chi connectivity index (χ1n) is 2.75. The number of hydrogen-bond donors (Lipinski definition) is 0. The molecule has 0 unspecified atom stereocenters. The number of nitrogens with zero attached hydrogens (tertiary/aromatic N) is 2. The van der Waals surface area contributed by atoms with E-state index in [-0.39, 0.29) is 41.8 Å². The van der Waals surface area contributed by atoms with E-state index in [0.29, 0.717) is 0 Å². The van der Waals surface area contributed by atoms with Crippen molar-refractivity contribution in [2.24, 2.45) is 0 Å². The predicted octanol–water partition coefficient (Wildman–Crippen LogP) is -4.23. The molecule has 0 saturated heterocycles. The number of carboxylic acids is 1. The summed E-state index contributed by atoms with van der Waals surface area (Å²) in [6.45, 7) is 0. The summed E-state index contributed by atoms with van der Waals surface area (Å²) in [6.07, 6.45) is 2.76. The van der Waals surface area contributed by atoms with Crippen molar-refractivity contribution in [3.8, 4) is 0 Å². The van der Waals surface area contributed by atoms with Crippen LogP contribution in [-0.2, 0) is 11.2 Å². The molecule has 0 saturated carbocycles. The first-order valence-corrected chi connectivity index (χ1v) is 2.75. The summed E-state index contributed by atoms with van der Waals surface area (Å²) >= 11 is 0. The summed E-state index contributed by atoms with van der Waals surface area (Å²) in [5.74, 6) is -0.881. The first-order chi connectivity index (χ1) is 4.79. The van der Waals surface area contributed by atoms with Crippen LogP contribution >= 0.6 is 0 Å². The molecule has 0 spiro atoms. The standard InChI is InChI=1S/C6H6N2O2.Na/c9-6(10)4-5-7-2-1-3-8-5;/h1-3H,4H2,(H,9,10);/q;+1/p-1. The van der Waals surface area contributed by atoms with Crippen LogP contribution in [0.25, 0.3) is 0 Å². The van der Waals surface area contributed by atoms with Gasteiger partial charge in [-0.25, -0.2) is 9.97 Å². The minimum atomic E-state index is -1.16. The Hall–Kier alpha value is -0.450. The maximum Gasteiger partial charge on any atom is 1.00 e. The molecule has 4 nitrogen and oxygen atoms in total. The van der Waals surface area contributed by atoms with Crippen LogP contribution in [0.1, 0.15) is 5.82 Å². The van der Waals surface area contributed by atoms with Gasteiger partial charge in [-0.3, -0.25) is 0 Å². The predicted molar refractivity (Wildman–Crippen MR) is 30.7 cm³/mol. The molecule has 0 radical (unpaired) electrons. The van der Waals surface area contributed by atoms with Crippen molar-refractivity contribution in [1.29, 1.82) is 0 Å². The Morgan fingerprint density at radius 3 is 2.45 bits per heavy atom. The minimum Gasteiger partial charge on any atom is -0.550 e. The number of aromatic nitrogens is 2. The second-order valence-corrected chi connectivity index (χ2v) is 1.71. The SMILES string of the molecule is O=C([O-])Cc1ncccn1.[Na+]. The maximum atomic E-state index is 9.98. The average Bonchev–Trinajstić information content (AvgIpc) is 1.88. The zero-order valence-corrected chi connectivity index (χ0v) is 8.15. The van der Waals surface area contributed by atoms with E-state index in [1.165, 1.54) is 12.4 Å². The van der Waals surface area contributed by atoms with Crippen molar-refractivity contribution in [3.63, 3.8) is 0 Å². The fourth-order valence-electron chi connectivity index (χ4n) is 0.550. The first kappa shape index (κ1) is 10.6. The average molecular weight is 160 g/mol. The van der Waals surface area contributed by atoms with Gasteiger partial charge in [-0.1, -0.05) is 0 Å². The van der Waals surface area contributed by atoms with E-state index in [2.05, 4.69) is 9.97 Å². The van der Waals surface area contributed by atoms with E-state index in [4.69, 9.17) is 0 Å². The van der Waals surface area contributed by atoms with Crippen LogP contribution in [0, 0.1) is 0 Å². The van der Waals surface area contributed by atoms with Crippen molar-refractivity contribution >= 4 is 5.97 Å². The van der Waals surface area contributed by atoms with Crippen LogP contribution in [0.2, 0.25) is 0 Å². The zero-order valence-electron chi connectivity index (χ0n) is 6.15. The molecule has 0 aliphatic heterocycles. The van der Waals surface area contributed by atoms with Crippen molar-refractivity contribution in [1.82, 2.24) is 9.97 Å². The fraction of sp³-hybridized carbons (Fsp3) is 0.167. The van der Waals surface area contributed by atoms with Gasteiger partial charge in [-0.2, -0.15) is 0 Å². The normalized spacial score (nSPS) is 8.36. The maximum absolute atomic E-state index is 9.98. The van der Waals surface area contributed by atoms with Crippen LogP contribution in [0.15, 0.2) is 18.5 Å². The van der Waals surface area contributed by atoms with E-state index in [1.807, 2.05) is 0 Å². The summed E-state index contributed by atoms with van der Waals surface area (Å²) in [5, 5.41) is 9.98. The molecule has 0 atom stereocenters. The Labute approximate surface area is 86.0 Å². The number of carboxylic acid groups (broad SMARTS) is 1. The zero-order chi connectivity index (χ0) is 7.40. The third-order valence-electron chi connectivity index (χ3n) is 0.922. The molecule has 0 amide bonds. The molecule has 0 aliphatic rings. The number of aliphatic carboxylic acids is 1. The van der Waals surface area contributed by atoms with Gasteiger partial charge in [0.2, 0.25) is 0 Å². The second-order valence-electron chi connectivity index (χ2n) is 1.71. The van der Waals surface area contributed by atoms with Crippen molar-refractivity contribution in [2.75, 3.05) is 0 Å². The van der Waals surface area contributed by atoms with E-state index in [9.17, 15) is 9.90 Å². The van der Waals surface area contributed by atoms with E-state index < -0.39 is 5.97 Å². The molecule has 11 heavy (non-hydrogen) atoms. The molecule has 1 aromatic heterocycles. The van der Waals surface area contributed by atoms with Crippen molar-refractivity contribution < 1.29 is 39.5 Å². The fourth-order valence-corrected chi connectivity index (χ4v) is 0.550. The number of rotatable bonds is 2. The summed E-state index contributed by atoms with van der Waals surface area (Å²) in [5.41, 5.74) is 0. The molecule has 0 fully saturated rings. The Morgan fingerprint density at radius 1 is 1.45 bits per heavy atom. The molecular weight excluding hydrogens is 155 g/mol. The Morgan fingerprint density at radius 2 is 2.00 bits per heavy atom. The number of carbonyl (C=O) groups excluding carboxylic acids is 1. The van der Waals surface area contributed by atoms with Crippen LogP contribution in [0.5, 0.6) is 0 Å². The summed E-state index contributed by atoms with van der Waals surface area (Å²) in [4.78, 5) is 17.4. The van der Waals surface area contributed by atoms with Gasteiger partial charge in [0.1, 0.15) is 5.82 Å². The summed E-state index contributed by atoms with van der Waals surface area (Å²) < 4.78 is 0. The van der Waals surface area contributed by atoms with Gasteiger partial charge in [-0.15, -0.1) is 0 Å². The largest absolute Gasteiger partial charge is 1.00 e. The van der Waals surface area contributed by atoms with Crippen molar-refractivity contribution in [2.45, 2.75) is 6.42 Å². The molecule has 1 rings (SSSR count). The van der Waals surface area contributed by atoms with Gasteiger partial charge < -0.3 is 9.90 Å². The number of hydrogen-bond acceptors (Lipinski definition) is 4. The second kappa shape index (κ2) is 5.23. The number of carbonyl (C=O) groups is 1. The Bertz CT molecular complexity index is 227. The van der Waals surface area contributed by atoms with E-state index >= 15 is 0 Å². The van der Waals surface area contributed by atoms with E-state index in [1.54, 1.807) is 6.07 Å². The van der Waals surface area contributed by atoms with Gasteiger partial charge in [0.05, 0.1) is 0 Å². The summed E-state index contributed by atoms with van der Waals surface area (Å²) in [6, 6.07) is 1.62. The van der Waals surface area contributed by atoms with Crippen LogP contribution in [0.4, 0.5) is 0 Å². The van der Waals surface area contributed by atoms with Gasteiger partial charge in [-0.05, 0) is 6.07 Å². The smallest absolute Gasteiger partial charge is 0.550 e. The molecule has 0 aliphatic carbocycles. The molecular formula is C6H5N2NaO2. The molecule has 0 N–H and O–H groups in total. The molecule has 52 valence electrons. The quantitative estimate of drug-likeness (QED) is 0.411. The topological polar surface area (TPSA) is 65.9 Å². The Kier molecular flexibility index (Phi) is 5.02. The van der Waals surface area contributed by atoms with Crippen LogP contribution < -0.4 is 34.7 Å². The molecule has 1 aromatic rings. The van der Waals surface area contributed by atoms with Gasteiger partial charge >= 0.3 is 29.6 Å². The summed E-state index contributed by atoms with van der Waals surface area (Å²) in [7, 11) is 0. The van der Waals surface area contributed by atoms with Crippen LogP contribution in [-0.4, -0.2) is 15.9 Å². The third-order valence-corrected chi connectivity index (χ3v) is 0.922. The van der Waals surface area contributed by atoms with E-state index in [0.717, 1.165) is 0 Å². The Balaban J connectivity index is 0.000001000. The third kappa shape index (κ3) is 4.08.